The third kappa shape index (κ3) is 3.70. The molecule has 1 aromatic rings. The number of alkyl halides is 1. The van der Waals surface area contributed by atoms with E-state index < -0.39 is 22.0 Å². The van der Waals surface area contributed by atoms with Crippen molar-refractivity contribution in [2.24, 2.45) is 5.92 Å². The third-order valence-corrected chi connectivity index (χ3v) is 6.67. The highest BCUT2D eigenvalue weighted by molar-refractivity contribution is 7.89. The van der Waals surface area contributed by atoms with E-state index in [1.54, 1.807) is 38.1 Å². The smallest absolute Gasteiger partial charge is 0.324 e. The summed E-state index contributed by atoms with van der Waals surface area (Å²) in [5, 5.41) is -0.256. The van der Waals surface area contributed by atoms with Crippen LogP contribution in [0.25, 0.3) is 0 Å². The Hall–Kier alpha value is -1.11. The van der Waals surface area contributed by atoms with Crippen molar-refractivity contribution in [1.82, 2.24) is 4.31 Å². The first-order valence-electron chi connectivity index (χ1n) is 7.68. The molecule has 0 unspecified atom stereocenters. The van der Waals surface area contributed by atoms with Crippen LogP contribution in [0.4, 0.5) is 0 Å². The third-order valence-electron chi connectivity index (χ3n) is 4.16. The molecule has 1 heterocycles. The van der Waals surface area contributed by atoms with Crippen LogP contribution in [0.3, 0.4) is 0 Å². The van der Waals surface area contributed by atoms with Gasteiger partial charge in [0.05, 0.1) is 11.5 Å². The molecule has 5 nitrogen and oxygen atoms in total. The molecule has 23 heavy (non-hydrogen) atoms. The first-order valence-corrected chi connectivity index (χ1v) is 9.56. The molecule has 0 bridgehead atoms. The zero-order valence-corrected chi connectivity index (χ0v) is 15.1. The Balaban J connectivity index is 2.40. The lowest BCUT2D eigenvalue weighted by Crippen LogP contribution is -2.55. The van der Waals surface area contributed by atoms with Gasteiger partial charge in [-0.2, -0.15) is 4.31 Å². The van der Waals surface area contributed by atoms with Gasteiger partial charge in [-0.3, -0.25) is 4.79 Å². The average Bonchev–Trinajstić information content (AvgIpc) is 2.50. The Morgan fingerprint density at radius 2 is 1.96 bits per heavy atom. The van der Waals surface area contributed by atoms with E-state index in [1.165, 1.54) is 4.31 Å². The summed E-state index contributed by atoms with van der Waals surface area (Å²) < 4.78 is 32.2. The number of benzene rings is 1. The monoisotopic (exact) mass is 359 g/mol. The predicted octanol–water partition coefficient (Wildman–Crippen LogP) is 2.56. The van der Waals surface area contributed by atoms with Gasteiger partial charge in [0.2, 0.25) is 10.0 Å². The number of carbonyl (C=O) groups excluding carboxylic acids is 1. The highest BCUT2D eigenvalue weighted by atomic mass is 35.5. The summed E-state index contributed by atoms with van der Waals surface area (Å²) in [6, 6.07) is 5.71. The molecule has 2 rings (SSSR count). The van der Waals surface area contributed by atoms with Crippen molar-refractivity contribution in [3.8, 4) is 0 Å². The Labute approximate surface area is 142 Å². The maximum Gasteiger partial charge on any atom is 0.324 e. The van der Waals surface area contributed by atoms with Gasteiger partial charge in [-0.1, -0.05) is 24.6 Å². The molecular weight excluding hydrogens is 338 g/mol. The number of nitrogens with zero attached hydrogens (tertiary/aromatic N) is 1. The van der Waals surface area contributed by atoms with Crippen molar-refractivity contribution in [2.75, 3.05) is 13.2 Å². The van der Waals surface area contributed by atoms with E-state index in [-0.39, 0.29) is 29.3 Å². The Kier molecular flexibility index (Phi) is 5.70. The van der Waals surface area contributed by atoms with Gasteiger partial charge in [-0.25, -0.2) is 8.42 Å². The molecule has 7 heteroatoms. The van der Waals surface area contributed by atoms with Crippen LogP contribution in [0.1, 0.15) is 25.8 Å². The Morgan fingerprint density at radius 1 is 1.35 bits per heavy atom. The van der Waals surface area contributed by atoms with Gasteiger partial charge in [0.25, 0.3) is 0 Å². The van der Waals surface area contributed by atoms with Crippen LogP contribution < -0.4 is 0 Å². The number of sulfonamides is 1. The molecule has 0 radical (unpaired) electrons. The number of esters is 1. The van der Waals surface area contributed by atoms with Crippen molar-refractivity contribution in [3.63, 3.8) is 0 Å². The summed E-state index contributed by atoms with van der Waals surface area (Å²) in [6.45, 7) is 5.78. The van der Waals surface area contributed by atoms with Gasteiger partial charge < -0.3 is 4.74 Å². The predicted molar refractivity (Wildman–Crippen MR) is 88.9 cm³/mol. The maximum atomic E-state index is 12.9. The van der Waals surface area contributed by atoms with Crippen molar-refractivity contribution < 1.29 is 17.9 Å². The van der Waals surface area contributed by atoms with E-state index in [4.69, 9.17) is 16.3 Å². The second-order valence-electron chi connectivity index (χ2n) is 5.79. The van der Waals surface area contributed by atoms with E-state index in [1.807, 2.05) is 6.92 Å². The minimum atomic E-state index is -3.77. The van der Waals surface area contributed by atoms with Crippen LogP contribution in [0.15, 0.2) is 29.2 Å². The first-order chi connectivity index (χ1) is 10.8. The van der Waals surface area contributed by atoms with Crippen LogP contribution >= 0.6 is 11.6 Å². The molecule has 0 saturated carbocycles. The van der Waals surface area contributed by atoms with Gasteiger partial charge in [-0.05, 0) is 38.3 Å². The highest BCUT2D eigenvalue weighted by Crippen LogP contribution is 2.32. The van der Waals surface area contributed by atoms with E-state index in [0.717, 1.165) is 5.56 Å². The molecule has 0 spiro atoms. The van der Waals surface area contributed by atoms with Crippen LogP contribution in [-0.4, -0.2) is 43.3 Å². The molecule has 128 valence electrons. The number of hydrogen-bond acceptors (Lipinski definition) is 4. The molecule has 3 atom stereocenters. The topological polar surface area (TPSA) is 63.7 Å². The Bertz CT molecular complexity index is 659. The first kappa shape index (κ1) is 18.2. The van der Waals surface area contributed by atoms with Gasteiger partial charge in [0.15, 0.2) is 0 Å². The minimum absolute atomic E-state index is 0.178. The molecular formula is C16H22ClNO4S. The van der Waals surface area contributed by atoms with Gasteiger partial charge in [0.1, 0.15) is 6.04 Å². The quantitative estimate of drug-likeness (QED) is 0.612. The van der Waals surface area contributed by atoms with E-state index >= 15 is 0 Å². The largest absolute Gasteiger partial charge is 0.465 e. The maximum absolute atomic E-state index is 12.9. The number of rotatable bonds is 4. The van der Waals surface area contributed by atoms with E-state index in [2.05, 4.69) is 0 Å². The molecule has 1 aliphatic rings. The van der Waals surface area contributed by atoms with E-state index in [0.29, 0.717) is 6.42 Å². The lowest BCUT2D eigenvalue weighted by Gasteiger charge is -2.39. The van der Waals surface area contributed by atoms with Gasteiger partial charge in [0, 0.05) is 11.9 Å². The summed E-state index contributed by atoms with van der Waals surface area (Å²) in [5.41, 5.74) is 0.971. The van der Waals surface area contributed by atoms with Crippen molar-refractivity contribution in [1.29, 1.82) is 0 Å². The number of halogens is 1. The lowest BCUT2D eigenvalue weighted by molar-refractivity contribution is -0.150. The number of ether oxygens (including phenoxy) is 1. The molecule has 1 aliphatic heterocycles. The summed E-state index contributed by atoms with van der Waals surface area (Å²) in [5.74, 6) is -0.856. The summed E-state index contributed by atoms with van der Waals surface area (Å²) >= 11 is 6.26. The number of carbonyl (C=O) groups is 1. The summed E-state index contributed by atoms with van der Waals surface area (Å²) in [4.78, 5) is 12.5. The van der Waals surface area contributed by atoms with Crippen molar-refractivity contribution in [2.45, 2.75) is 43.5 Å². The number of hydrogen-bond donors (Lipinski definition) is 0. The molecule has 1 fully saturated rings. The van der Waals surface area contributed by atoms with Crippen molar-refractivity contribution in [3.05, 3.63) is 29.8 Å². The van der Waals surface area contributed by atoms with Gasteiger partial charge >= 0.3 is 5.97 Å². The lowest BCUT2D eigenvalue weighted by atomic mass is 9.92. The van der Waals surface area contributed by atoms with E-state index in [9.17, 15) is 13.2 Å². The second-order valence-corrected chi connectivity index (χ2v) is 8.24. The number of piperidine rings is 1. The molecule has 0 aliphatic carbocycles. The van der Waals surface area contributed by atoms with Crippen LogP contribution in [0, 0.1) is 12.8 Å². The average molecular weight is 360 g/mol. The zero-order valence-electron chi connectivity index (χ0n) is 13.5. The highest BCUT2D eigenvalue weighted by Gasteiger charge is 2.45. The second kappa shape index (κ2) is 7.20. The fraction of sp³-hybridized carbons (Fsp3) is 0.562. The van der Waals surface area contributed by atoms with Gasteiger partial charge in [-0.15, -0.1) is 11.6 Å². The summed E-state index contributed by atoms with van der Waals surface area (Å²) in [6.07, 6.45) is 0.504. The molecule has 0 amide bonds. The van der Waals surface area contributed by atoms with Crippen LogP contribution in [0.5, 0.6) is 0 Å². The SMILES string of the molecule is CCOC(=O)[C@H]1[C@H](C)[C@H](Cl)CCN1S(=O)(=O)c1ccc(C)cc1. The summed E-state index contributed by atoms with van der Waals surface area (Å²) in [7, 11) is -3.77. The standard InChI is InChI=1S/C16H22ClNO4S/c1-4-22-16(19)15-12(3)14(17)9-10-18(15)23(20,21)13-7-5-11(2)6-8-13/h5-8,12,14-15H,4,9-10H2,1-3H3/t12-,14-,15-/m1/s1. The minimum Gasteiger partial charge on any atom is -0.465 e. The Morgan fingerprint density at radius 3 is 2.52 bits per heavy atom. The fourth-order valence-corrected chi connectivity index (χ4v) is 4.70. The van der Waals surface area contributed by atoms with Crippen LogP contribution in [0.2, 0.25) is 0 Å². The molecule has 1 saturated heterocycles. The molecule has 1 aromatic carbocycles. The van der Waals surface area contributed by atoms with Crippen molar-refractivity contribution >= 4 is 27.6 Å². The zero-order chi connectivity index (χ0) is 17.2. The van der Waals surface area contributed by atoms with Crippen LogP contribution in [-0.2, 0) is 19.6 Å². The molecule has 0 N–H and O–H groups in total. The number of aryl methyl sites for hydroxylation is 1. The molecule has 0 aromatic heterocycles. The fourth-order valence-electron chi connectivity index (χ4n) is 2.79. The normalized spacial score (nSPS) is 26.0.